The zero-order valence-electron chi connectivity index (χ0n) is 20.4. The zero-order valence-corrected chi connectivity index (χ0v) is 21.2. The fourth-order valence-electron chi connectivity index (χ4n) is 4.01. The van der Waals surface area contributed by atoms with Gasteiger partial charge in [-0.25, -0.2) is 0 Å². The molecule has 3 rings (SSSR count). The standard InChI is InChI=1S/C26H33N3O3.ClH/c1-25(2,3)19-11-17(12-20(22(19)31)26(4,5)6)21(30)14-29-13-16-9-8-15(24(32)28-7)10-18(16)23(29)27;/h8-12,27,31H,13-14H2,1-7H3,(H,28,32);1H. The Kier molecular flexibility index (Phi) is 7.34. The number of hydrogen-bond donors (Lipinski definition) is 3. The van der Waals surface area contributed by atoms with E-state index < -0.39 is 0 Å². The van der Waals surface area contributed by atoms with Gasteiger partial charge in [-0.1, -0.05) is 47.6 Å². The lowest BCUT2D eigenvalue weighted by molar-refractivity contribution is 0.0954. The molecule has 0 saturated heterocycles. The maximum Gasteiger partial charge on any atom is 0.251 e. The molecule has 0 radical (unpaired) electrons. The third-order valence-electron chi connectivity index (χ3n) is 5.91. The number of nitrogens with zero attached hydrogens (tertiary/aromatic N) is 1. The van der Waals surface area contributed by atoms with Crippen LogP contribution in [0.3, 0.4) is 0 Å². The quantitative estimate of drug-likeness (QED) is 0.558. The third-order valence-corrected chi connectivity index (χ3v) is 5.91. The molecule has 0 unspecified atom stereocenters. The number of Topliss-reactive ketones (excluding diaryl/α,β-unsaturated/α-hetero) is 1. The minimum Gasteiger partial charge on any atom is -0.507 e. The Labute approximate surface area is 202 Å². The highest BCUT2D eigenvalue weighted by Gasteiger charge is 2.30. The van der Waals surface area contributed by atoms with Crippen LogP contribution in [-0.4, -0.2) is 41.1 Å². The highest BCUT2D eigenvalue weighted by atomic mass is 35.5. The Hall–Kier alpha value is -2.86. The molecular weight excluding hydrogens is 438 g/mol. The monoisotopic (exact) mass is 471 g/mol. The zero-order chi connectivity index (χ0) is 24.0. The molecule has 0 aromatic heterocycles. The number of phenols is 1. The summed E-state index contributed by atoms with van der Waals surface area (Å²) in [6.07, 6.45) is 0. The van der Waals surface area contributed by atoms with Gasteiger partial charge in [0.1, 0.15) is 11.6 Å². The van der Waals surface area contributed by atoms with Gasteiger partial charge in [0.05, 0.1) is 6.54 Å². The van der Waals surface area contributed by atoms with Crippen LogP contribution in [0.2, 0.25) is 0 Å². The summed E-state index contributed by atoms with van der Waals surface area (Å²) in [5, 5.41) is 22.1. The van der Waals surface area contributed by atoms with Crippen molar-refractivity contribution in [3.8, 4) is 5.75 Å². The van der Waals surface area contributed by atoms with Crippen LogP contribution in [0.4, 0.5) is 0 Å². The van der Waals surface area contributed by atoms with Crippen molar-refractivity contribution in [2.75, 3.05) is 13.6 Å². The van der Waals surface area contributed by atoms with Gasteiger partial charge in [-0.3, -0.25) is 15.0 Å². The summed E-state index contributed by atoms with van der Waals surface area (Å²) in [5.74, 6) is 0.170. The summed E-state index contributed by atoms with van der Waals surface area (Å²) in [6, 6.07) is 8.85. The fourth-order valence-corrected chi connectivity index (χ4v) is 4.01. The first-order chi connectivity index (χ1) is 14.7. The smallest absolute Gasteiger partial charge is 0.251 e. The molecule has 3 N–H and O–H groups in total. The van der Waals surface area contributed by atoms with E-state index in [1.165, 1.54) is 0 Å². The molecule has 0 atom stereocenters. The minimum absolute atomic E-state index is 0. The molecule has 178 valence electrons. The van der Waals surface area contributed by atoms with E-state index in [0.717, 1.165) is 16.7 Å². The molecule has 0 bridgehead atoms. The second kappa shape index (κ2) is 9.18. The van der Waals surface area contributed by atoms with Crippen molar-refractivity contribution in [3.05, 3.63) is 63.7 Å². The largest absolute Gasteiger partial charge is 0.507 e. The maximum absolute atomic E-state index is 13.3. The number of fused-ring (bicyclic) bond motifs is 1. The molecule has 1 aliphatic rings. The van der Waals surface area contributed by atoms with Gasteiger partial charge in [-0.05, 0) is 40.7 Å². The highest BCUT2D eigenvalue weighted by molar-refractivity contribution is 6.07. The second-order valence-corrected chi connectivity index (χ2v) is 10.5. The van der Waals surface area contributed by atoms with Gasteiger partial charge in [-0.15, -0.1) is 12.4 Å². The Balaban J connectivity index is 0.00000385. The summed E-state index contributed by atoms with van der Waals surface area (Å²) in [4.78, 5) is 27.0. The number of aromatic hydroxyl groups is 1. The fraction of sp³-hybridized carbons (Fsp3) is 0.423. The van der Waals surface area contributed by atoms with Crippen molar-refractivity contribution < 1.29 is 14.7 Å². The molecule has 0 saturated carbocycles. The number of nitrogens with one attached hydrogen (secondary N) is 2. The number of halogens is 1. The van der Waals surface area contributed by atoms with Gasteiger partial charge in [0.2, 0.25) is 0 Å². The van der Waals surface area contributed by atoms with Crippen LogP contribution in [0.1, 0.15) is 84.5 Å². The highest BCUT2D eigenvalue weighted by Crippen LogP contribution is 2.40. The topological polar surface area (TPSA) is 93.5 Å². The minimum atomic E-state index is -0.326. The van der Waals surface area contributed by atoms with Crippen molar-refractivity contribution in [1.29, 1.82) is 5.41 Å². The van der Waals surface area contributed by atoms with Gasteiger partial charge in [0.15, 0.2) is 5.78 Å². The van der Waals surface area contributed by atoms with Crippen LogP contribution in [0.25, 0.3) is 0 Å². The first-order valence-electron chi connectivity index (χ1n) is 10.8. The molecule has 2 aromatic carbocycles. The van der Waals surface area contributed by atoms with Gasteiger partial charge >= 0.3 is 0 Å². The number of carbonyl (C=O) groups is 2. The number of amidine groups is 1. The van der Waals surface area contributed by atoms with E-state index in [9.17, 15) is 14.7 Å². The van der Waals surface area contributed by atoms with E-state index in [2.05, 4.69) is 5.32 Å². The number of ketones is 1. The molecule has 6 nitrogen and oxygen atoms in total. The molecule has 1 heterocycles. The van der Waals surface area contributed by atoms with Crippen molar-refractivity contribution in [2.45, 2.75) is 58.9 Å². The molecule has 2 aromatic rings. The van der Waals surface area contributed by atoms with E-state index in [0.29, 0.717) is 23.2 Å². The van der Waals surface area contributed by atoms with Crippen LogP contribution in [0, 0.1) is 5.41 Å². The van der Waals surface area contributed by atoms with Crippen molar-refractivity contribution in [3.63, 3.8) is 0 Å². The predicted octanol–water partition coefficient (Wildman–Crippen LogP) is 4.79. The van der Waals surface area contributed by atoms with E-state index in [-0.39, 0.29) is 53.1 Å². The molecule has 0 fully saturated rings. The normalized spacial score (nSPS) is 13.4. The van der Waals surface area contributed by atoms with E-state index in [1.807, 2.05) is 47.6 Å². The average molecular weight is 472 g/mol. The molecule has 1 amide bonds. The number of carbonyl (C=O) groups excluding carboxylic acids is 2. The van der Waals surface area contributed by atoms with Crippen LogP contribution >= 0.6 is 12.4 Å². The van der Waals surface area contributed by atoms with Crippen LogP contribution in [0.5, 0.6) is 5.75 Å². The summed E-state index contributed by atoms with van der Waals surface area (Å²) in [7, 11) is 1.57. The summed E-state index contributed by atoms with van der Waals surface area (Å²) < 4.78 is 0. The molecule has 0 spiro atoms. The number of hydrogen-bond acceptors (Lipinski definition) is 4. The third kappa shape index (κ3) is 5.22. The lowest BCUT2D eigenvalue weighted by Gasteiger charge is -2.28. The predicted molar refractivity (Wildman–Crippen MR) is 134 cm³/mol. The SMILES string of the molecule is CNC(=O)c1ccc2c(c1)C(=N)N(CC(=O)c1cc(C(C)(C)C)c(O)c(C(C)(C)C)c1)C2.Cl. The van der Waals surface area contributed by atoms with Crippen molar-refractivity contribution in [1.82, 2.24) is 10.2 Å². The lowest BCUT2D eigenvalue weighted by Crippen LogP contribution is -2.31. The molecule has 7 heteroatoms. The average Bonchev–Trinajstić information content (AvgIpc) is 3.00. The second-order valence-electron chi connectivity index (χ2n) is 10.5. The Bertz CT molecular complexity index is 1080. The van der Waals surface area contributed by atoms with E-state index in [4.69, 9.17) is 5.41 Å². The van der Waals surface area contributed by atoms with Gasteiger partial charge < -0.3 is 15.3 Å². The summed E-state index contributed by atoms with van der Waals surface area (Å²) in [6.45, 7) is 12.6. The van der Waals surface area contributed by atoms with E-state index in [1.54, 1.807) is 36.2 Å². The van der Waals surface area contributed by atoms with E-state index >= 15 is 0 Å². The number of amides is 1. The number of benzene rings is 2. The maximum atomic E-state index is 13.3. The molecule has 1 aliphatic heterocycles. The van der Waals surface area contributed by atoms with Crippen LogP contribution in [-0.2, 0) is 17.4 Å². The number of rotatable bonds is 4. The van der Waals surface area contributed by atoms with Crippen molar-refractivity contribution in [2.24, 2.45) is 0 Å². The molecule has 0 aliphatic carbocycles. The number of phenolic OH excluding ortho intramolecular Hbond substituents is 1. The Morgan fingerprint density at radius 2 is 1.55 bits per heavy atom. The van der Waals surface area contributed by atoms with Crippen LogP contribution in [0.15, 0.2) is 30.3 Å². The summed E-state index contributed by atoms with van der Waals surface area (Å²) in [5.41, 5.74) is 3.45. The summed E-state index contributed by atoms with van der Waals surface area (Å²) >= 11 is 0. The lowest BCUT2D eigenvalue weighted by atomic mass is 9.78. The Morgan fingerprint density at radius 3 is 2.03 bits per heavy atom. The van der Waals surface area contributed by atoms with Gasteiger partial charge in [0, 0.05) is 41.4 Å². The first-order valence-corrected chi connectivity index (χ1v) is 10.8. The van der Waals surface area contributed by atoms with Gasteiger partial charge in [0.25, 0.3) is 5.91 Å². The molecular formula is C26H34ClN3O3. The first kappa shape index (κ1) is 26.4. The van der Waals surface area contributed by atoms with Crippen LogP contribution < -0.4 is 5.32 Å². The van der Waals surface area contributed by atoms with Crippen molar-refractivity contribution >= 4 is 29.9 Å². The Morgan fingerprint density at radius 1 is 1.00 bits per heavy atom. The van der Waals surface area contributed by atoms with Gasteiger partial charge in [-0.2, -0.15) is 0 Å². The molecule has 33 heavy (non-hydrogen) atoms.